The third-order valence-electron chi connectivity index (χ3n) is 7.06. The van der Waals surface area contributed by atoms with Crippen molar-refractivity contribution in [3.63, 3.8) is 0 Å². The van der Waals surface area contributed by atoms with Gasteiger partial charge in [0.15, 0.2) is 29.4 Å². The van der Waals surface area contributed by atoms with E-state index >= 15 is 4.39 Å². The molecule has 18 heteroatoms. The van der Waals surface area contributed by atoms with Gasteiger partial charge in [0.2, 0.25) is 11.9 Å². The largest absolute Gasteiger partial charge is 0.462 e. The number of alkyl halides is 2. The number of ether oxygens (including phenoxy) is 2. The monoisotopic (exact) mass is 699 g/mol. The number of rotatable bonds is 14. The summed E-state index contributed by atoms with van der Waals surface area (Å²) in [7, 11) is -0.995. The molecule has 1 aliphatic heterocycles. The number of aromatic nitrogens is 4. The molecule has 1 saturated heterocycles. The Hall–Kier alpha value is -3.40. The minimum Gasteiger partial charge on any atom is -0.462 e. The van der Waals surface area contributed by atoms with E-state index in [4.69, 9.17) is 30.1 Å². The van der Waals surface area contributed by atoms with Crippen molar-refractivity contribution in [2.24, 2.45) is 5.92 Å². The number of nitrogens with one attached hydrogen (secondary N) is 2. The van der Waals surface area contributed by atoms with Gasteiger partial charge in [0.1, 0.15) is 23.5 Å². The number of nitrogens with zero attached hydrogens (tertiary/aromatic N) is 5. The molecule has 258 valence electrons. The molecule has 15 nitrogen and oxygen atoms in total. The van der Waals surface area contributed by atoms with Gasteiger partial charge in [-0.2, -0.15) is 15.1 Å². The summed E-state index contributed by atoms with van der Waals surface area (Å²) in [6, 6.07) is 6.88. The summed E-state index contributed by atoms with van der Waals surface area (Å²) in [5, 5.41) is 16.3. The Morgan fingerprint density at radius 3 is 2.47 bits per heavy atom. The first-order valence-electron chi connectivity index (χ1n) is 14.9. The lowest BCUT2D eigenvalue weighted by Crippen LogP contribution is -2.48. The van der Waals surface area contributed by atoms with Gasteiger partial charge >= 0.3 is 13.7 Å². The van der Waals surface area contributed by atoms with Crippen molar-refractivity contribution in [2.45, 2.75) is 70.9 Å². The average Bonchev–Trinajstić information content (AvgIpc) is 3.54. The molecule has 1 aromatic carbocycles. The standard InChI is InChI=1S/C29H40ClFN7O8P/c1-16(2)25(40)35-28-33-23(37(6)7)21-24(34-28)38(15-32-21)26-20(31)22(39)29(13-30,45-26)14-43-47(42,46-19-11-9-8-10-12-19)36-18(5)27(41)44-17(3)4/h8-12,15-18,20,22,26,39H,13-14H2,1-7H3,(H,36,42)(H,33,34,35,40)/t18-,20+,22-,26+,29+,47?/m0/s1. The van der Waals surface area contributed by atoms with E-state index < -0.39 is 62.5 Å². The summed E-state index contributed by atoms with van der Waals surface area (Å²) >= 11 is 6.29. The lowest BCUT2D eigenvalue weighted by Gasteiger charge is -2.31. The zero-order valence-corrected chi connectivity index (χ0v) is 28.7. The van der Waals surface area contributed by atoms with Crippen LogP contribution in [0, 0.1) is 5.92 Å². The quantitative estimate of drug-likeness (QED) is 0.126. The molecule has 1 fully saturated rings. The molecule has 1 aliphatic rings. The molecule has 2 aromatic heterocycles. The van der Waals surface area contributed by atoms with Crippen LogP contribution in [0.3, 0.4) is 0 Å². The van der Waals surface area contributed by atoms with Crippen molar-refractivity contribution >= 4 is 54.2 Å². The van der Waals surface area contributed by atoms with Gasteiger partial charge in [-0.05, 0) is 32.9 Å². The van der Waals surface area contributed by atoms with Crippen LogP contribution in [-0.4, -0.2) is 93.1 Å². The van der Waals surface area contributed by atoms with Gasteiger partial charge in [-0.15, -0.1) is 11.6 Å². The van der Waals surface area contributed by atoms with Gasteiger partial charge < -0.3 is 24.0 Å². The van der Waals surface area contributed by atoms with Gasteiger partial charge in [0.25, 0.3) is 0 Å². The van der Waals surface area contributed by atoms with Crippen LogP contribution in [0.25, 0.3) is 11.2 Å². The number of carbonyl (C=O) groups excluding carboxylic acids is 2. The molecular weight excluding hydrogens is 660 g/mol. The van der Waals surface area contributed by atoms with E-state index in [0.29, 0.717) is 5.82 Å². The van der Waals surface area contributed by atoms with Crippen LogP contribution in [-0.2, 0) is 28.2 Å². The van der Waals surface area contributed by atoms with Crippen LogP contribution in [0.4, 0.5) is 16.2 Å². The molecule has 3 heterocycles. The smallest absolute Gasteiger partial charge is 0.459 e. The molecule has 4 rings (SSSR count). The van der Waals surface area contributed by atoms with E-state index in [1.807, 2.05) is 0 Å². The Balaban J connectivity index is 1.65. The Bertz CT molecular complexity index is 1610. The van der Waals surface area contributed by atoms with Gasteiger partial charge in [0, 0.05) is 20.0 Å². The Morgan fingerprint density at radius 1 is 1.19 bits per heavy atom. The molecule has 1 amide bonds. The lowest BCUT2D eigenvalue weighted by atomic mass is 9.99. The normalized spacial score (nSPS) is 23.1. The van der Waals surface area contributed by atoms with Gasteiger partial charge in [-0.3, -0.25) is 24.0 Å². The fraction of sp³-hybridized carbons (Fsp3) is 0.552. The van der Waals surface area contributed by atoms with Crippen molar-refractivity contribution in [3.8, 4) is 5.75 Å². The highest BCUT2D eigenvalue weighted by atomic mass is 35.5. The maximum absolute atomic E-state index is 16.0. The second-order valence-electron chi connectivity index (χ2n) is 11.8. The number of anilines is 2. The molecule has 47 heavy (non-hydrogen) atoms. The number of aliphatic hydroxyl groups excluding tert-OH is 1. The highest BCUT2D eigenvalue weighted by molar-refractivity contribution is 7.52. The number of para-hydroxylation sites is 1. The predicted molar refractivity (Wildman–Crippen MR) is 172 cm³/mol. The number of hydrogen-bond acceptors (Lipinski definition) is 12. The minimum absolute atomic E-state index is 0.0438. The maximum atomic E-state index is 16.0. The zero-order chi connectivity index (χ0) is 34.7. The minimum atomic E-state index is -4.42. The molecule has 1 unspecified atom stereocenters. The van der Waals surface area contributed by atoms with Crippen LogP contribution in [0.15, 0.2) is 36.7 Å². The molecule has 0 bridgehead atoms. The third-order valence-corrected chi connectivity index (χ3v) is 9.14. The average molecular weight is 700 g/mol. The number of hydrogen-bond donors (Lipinski definition) is 3. The first-order valence-corrected chi connectivity index (χ1v) is 16.9. The number of carbonyl (C=O) groups is 2. The van der Waals surface area contributed by atoms with E-state index in [9.17, 15) is 19.3 Å². The van der Waals surface area contributed by atoms with E-state index in [1.165, 1.54) is 30.0 Å². The molecule has 6 atom stereocenters. The van der Waals surface area contributed by atoms with Crippen LogP contribution in [0.1, 0.15) is 40.8 Å². The first-order chi connectivity index (χ1) is 22.1. The summed E-state index contributed by atoms with van der Waals surface area (Å²) in [5.41, 5.74) is -1.58. The number of amides is 1. The van der Waals surface area contributed by atoms with Crippen LogP contribution in [0.2, 0.25) is 0 Å². The Kier molecular flexibility index (Phi) is 11.5. The van der Waals surface area contributed by atoms with Crippen molar-refractivity contribution in [1.82, 2.24) is 24.6 Å². The predicted octanol–water partition coefficient (Wildman–Crippen LogP) is 3.83. The van der Waals surface area contributed by atoms with E-state index in [2.05, 4.69) is 25.4 Å². The fourth-order valence-electron chi connectivity index (χ4n) is 4.54. The topological polar surface area (TPSA) is 179 Å². The fourth-order valence-corrected chi connectivity index (χ4v) is 6.38. The first kappa shape index (κ1) is 36.4. The molecular formula is C29H40ClFN7O8P. The number of halogens is 2. The van der Waals surface area contributed by atoms with Gasteiger partial charge in [0.05, 0.1) is 24.9 Å². The van der Waals surface area contributed by atoms with Crippen LogP contribution < -0.4 is 19.8 Å². The van der Waals surface area contributed by atoms with Gasteiger partial charge in [-0.25, -0.2) is 13.9 Å². The lowest BCUT2D eigenvalue weighted by molar-refractivity contribution is -0.149. The number of imidazole rings is 1. The Labute approximate surface area is 276 Å². The Morgan fingerprint density at radius 2 is 1.87 bits per heavy atom. The molecule has 3 N–H and O–H groups in total. The summed E-state index contributed by atoms with van der Waals surface area (Å²) in [5.74, 6) is -1.48. The summed E-state index contributed by atoms with van der Waals surface area (Å²) in [6.07, 6.45) is -4.68. The molecule has 0 radical (unpaired) electrons. The molecule has 0 aliphatic carbocycles. The molecule has 0 saturated carbocycles. The summed E-state index contributed by atoms with van der Waals surface area (Å²) in [4.78, 5) is 39.7. The highest BCUT2D eigenvalue weighted by Crippen LogP contribution is 2.49. The van der Waals surface area contributed by atoms with E-state index in [-0.39, 0.29) is 34.7 Å². The number of benzene rings is 1. The van der Waals surface area contributed by atoms with Gasteiger partial charge in [-0.1, -0.05) is 32.0 Å². The zero-order valence-electron chi connectivity index (χ0n) is 27.1. The summed E-state index contributed by atoms with van der Waals surface area (Å²) < 4.78 is 53.9. The molecule has 3 aromatic rings. The summed E-state index contributed by atoms with van der Waals surface area (Å²) in [6.45, 7) is 7.42. The number of esters is 1. The van der Waals surface area contributed by atoms with Crippen molar-refractivity contribution in [2.75, 3.05) is 36.8 Å². The number of aliphatic hydroxyl groups is 1. The second kappa shape index (κ2) is 14.8. The van der Waals surface area contributed by atoms with E-state index in [0.717, 1.165) is 0 Å². The van der Waals surface area contributed by atoms with Crippen molar-refractivity contribution < 1.29 is 42.2 Å². The van der Waals surface area contributed by atoms with E-state index in [1.54, 1.807) is 64.9 Å². The third kappa shape index (κ3) is 8.19. The molecule has 0 spiro atoms. The van der Waals surface area contributed by atoms with Crippen LogP contribution >= 0.6 is 19.3 Å². The SMILES string of the molecule is CC(C)OC(=O)[C@H](C)NP(=O)(OC[C@@]1(CCl)O[C@@H](n2cnc3c(N(C)C)nc(NC(=O)C(C)C)nc32)[C@H](F)[C@@H]1O)Oc1ccccc1. The van der Waals surface area contributed by atoms with Crippen molar-refractivity contribution in [3.05, 3.63) is 36.7 Å². The van der Waals surface area contributed by atoms with Crippen molar-refractivity contribution in [1.29, 1.82) is 0 Å². The maximum Gasteiger partial charge on any atom is 0.459 e. The second-order valence-corrected chi connectivity index (χ2v) is 13.8. The van der Waals surface area contributed by atoms with Crippen LogP contribution in [0.5, 0.6) is 5.75 Å². The highest BCUT2D eigenvalue weighted by Gasteiger charge is 2.57. The number of fused-ring (bicyclic) bond motifs is 1.